The van der Waals surface area contributed by atoms with Crippen molar-refractivity contribution in [2.75, 3.05) is 11.9 Å². The summed E-state index contributed by atoms with van der Waals surface area (Å²) in [5.74, 6) is -1.07. The highest BCUT2D eigenvalue weighted by Gasteiger charge is 2.41. The third-order valence-electron chi connectivity index (χ3n) is 3.84. The SMILES string of the molecule is CCCC1(CNC(=O)Nc2c(Br)cccc2C(=O)O)CC1. The van der Waals surface area contributed by atoms with E-state index in [1.54, 1.807) is 12.1 Å². The minimum atomic E-state index is -1.07. The number of carbonyl (C=O) groups is 2. The number of anilines is 1. The lowest BCUT2D eigenvalue weighted by molar-refractivity contribution is 0.0698. The number of para-hydroxylation sites is 1. The first-order valence-corrected chi connectivity index (χ1v) is 7.83. The zero-order valence-corrected chi connectivity index (χ0v) is 13.5. The number of nitrogens with one attached hydrogen (secondary N) is 2. The average Bonchev–Trinajstić information content (AvgIpc) is 3.19. The second-order valence-corrected chi connectivity index (χ2v) is 6.38. The lowest BCUT2D eigenvalue weighted by atomic mass is 10.0. The molecule has 1 aromatic rings. The molecule has 2 amide bonds. The largest absolute Gasteiger partial charge is 0.478 e. The molecule has 1 aromatic carbocycles. The zero-order valence-electron chi connectivity index (χ0n) is 11.9. The van der Waals surface area contributed by atoms with Gasteiger partial charge in [0.15, 0.2) is 0 Å². The summed E-state index contributed by atoms with van der Waals surface area (Å²) in [6.07, 6.45) is 4.52. The van der Waals surface area contributed by atoms with Crippen molar-refractivity contribution >= 4 is 33.6 Å². The van der Waals surface area contributed by atoms with Crippen molar-refractivity contribution < 1.29 is 14.7 Å². The lowest BCUT2D eigenvalue weighted by Gasteiger charge is -2.16. The van der Waals surface area contributed by atoms with Crippen LogP contribution in [-0.4, -0.2) is 23.7 Å². The number of halogens is 1. The van der Waals surface area contributed by atoms with Gasteiger partial charge in [0.25, 0.3) is 0 Å². The smallest absolute Gasteiger partial charge is 0.337 e. The van der Waals surface area contributed by atoms with Crippen molar-refractivity contribution in [2.24, 2.45) is 5.41 Å². The molecular formula is C15H19BrN2O3. The Morgan fingerprint density at radius 1 is 1.38 bits per heavy atom. The summed E-state index contributed by atoms with van der Waals surface area (Å²) < 4.78 is 0.548. The van der Waals surface area contributed by atoms with Crippen molar-refractivity contribution in [2.45, 2.75) is 32.6 Å². The Morgan fingerprint density at radius 2 is 2.10 bits per heavy atom. The molecular weight excluding hydrogens is 336 g/mol. The highest BCUT2D eigenvalue weighted by Crippen LogP contribution is 2.48. The molecule has 1 saturated carbocycles. The second-order valence-electron chi connectivity index (χ2n) is 5.53. The Hall–Kier alpha value is -1.56. The molecule has 6 heteroatoms. The molecule has 0 heterocycles. The van der Waals surface area contributed by atoms with Crippen LogP contribution < -0.4 is 10.6 Å². The number of carbonyl (C=O) groups excluding carboxylic acids is 1. The third kappa shape index (κ3) is 3.97. The normalized spacial score (nSPS) is 15.3. The van der Waals surface area contributed by atoms with E-state index in [0.29, 0.717) is 11.0 Å². The van der Waals surface area contributed by atoms with Crippen molar-refractivity contribution in [3.8, 4) is 0 Å². The van der Waals surface area contributed by atoms with E-state index in [1.165, 1.54) is 6.07 Å². The average molecular weight is 355 g/mol. The summed E-state index contributed by atoms with van der Waals surface area (Å²) in [6.45, 7) is 2.78. The summed E-state index contributed by atoms with van der Waals surface area (Å²) >= 11 is 3.27. The van der Waals surface area contributed by atoms with Gasteiger partial charge in [-0.05, 0) is 52.7 Å². The van der Waals surface area contributed by atoms with Crippen LogP contribution in [0.4, 0.5) is 10.5 Å². The summed E-state index contributed by atoms with van der Waals surface area (Å²) in [7, 11) is 0. The number of aromatic carboxylic acids is 1. The van der Waals surface area contributed by atoms with Crippen LogP contribution in [-0.2, 0) is 0 Å². The Kier molecular flexibility index (Phi) is 4.88. The van der Waals surface area contributed by atoms with E-state index in [0.717, 1.165) is 25.7 Å². The molecule has 3 N–H and O–H groups in total. The highest BCUT2D eigenvalue weighted by molar-refractivity contribution is 9.10. The van der Waals surface area contributed by atoms with Crippen LogP contribution in [0.25, 0.3) is 0 Å². The maximum absolute atomic E-state index is 12.0. The van der Waals surface area contributed by atoms with Crippen molar-refractivity contribution in [3.05, 3.63) is 28.2 Å². The Bertz CT molecular complexity index is 556. The summed E-state index contributed by atoms with van der Waals surface area (Å²) in [4.78, 5) is 23.2. The van der Waals surface area contributed by atoms with Crippen LogP contribution in [0.15, 0.2) is 22.7 Å². The van der Waals surface area contributed by atoms with Crippen LogP contribution in [0.1, 0.15) is 43.0 Å². The molecule has 2 rings (SSSR count). The monoisotopic (exact) mass is 354 g/mol. The number of hydrogen-bond donors (Lipinski definition) is 3. The Labute approximate surface area is 132 Å². The van der Waals surface area contributed by atoms with Gasteiger partial charge in [0, 0.05) is 11.0 Å². The molecule has 0 aromatic heterocycles. The minimum Gasteiger partial charge on any atom is -0.478 e. The van der Waals surface area contributed by atoms with E-state index in [2.05, 4.69) is 33.5 Å². The highest BCUT2D eigenvalue weighted by atomic mass is 79.9. The molecule has 0 bridgehead atoms. The second kappa shape index (κ2) is 6.47. The maximum Gasteiger partial charge on any atom is 0.337 e. The molecule has 1 aliphatic carbocycles. The fraction of sp³-hybridized carbons (Fsp3) is 0.467. The van der Waals surface area contributed by atoms with Gasteiger partial charge in [-0.15, -0.1) is 0 Å². The van der Waals surface area contributed by atoms with Gasteiger partial charge in [0.2, 0.25) is 0 Å². The number of hydrogen-bond acceptors (Lipinski definition) is 2. The molecule has 114 valence electrons. The molecule has 0 radical (unpaired) electrons. The molecule has 1 aliphatic rings. The minimum absolute atomic E-state index is 0.0641. The summed E-state index contributed by atoms with van der Waals surface area (Å²) in [5.41, 5.74) is 0.604. The number of amides is 2. The van der Waals surface area contributed by atoms with Crippen LogP contribution in [0, 0.1) is 5.41 Å². The first-order valence-electron chi connectivity index (χ1n) is 7.04. The molecule has 0 unspecified atom stereocenters. The number of rotatable bonds is 6. The number of carboxylic acids is 1. The standard InChI is InChI=1S/C15H19BrN2O3/c1-2-6-15(7-8-15)9-17-14(21)18-12-10(13(19)20)4-3-5-11(12)16/h3-5H,2,6-9H2,1H3,(H,19,20)(H2,17,18,21). The first kappa shape index (κ1) is 15.8. The molecule has 0 aliphatic heterocycles. The van der Waals surface area contributed by atoms with E-state index in [4.69, 9.17) is 5.11 Å². The van der Waals surface area contributed by atoms with Crippen LogP contribution >= 0.6 is 15.9 Å². The van der Waals surface area contributed by atoms with Crippen LogP contribution in [0.3, 0.4) is 0 Å². The third-order valence-corrected chi connectivity index (χ3v) is 4.50. The first-order chi connectivity index (χ1) is 9.97. The fourth-order valence-corrected chi connectivity index (χ4v) is 2.94. The fourth-order valence-electron chi connectivity index (χ4n) is 2.48. The zero-order chi connectivity index (χ0) is 15.5. The number of carboxylic acid groups (broad SMARTS) is 1. The van der Waals surface area contributed by atoms with Crippen molar-refractivity contribution in [1.29, 1.82) is 0 Å². The van der Waals surface area contributed by atoms with E-state index in [1.807, 2.05) is 0 Å². The molecule has 5 nitrogen and oxygen atoms in total. The maximum atomic E-state index is 12.0. The summed E-state index contributed by atoms with van der Waals surface area (Å²) in [5, 5.41) is 14.6. The topological polar surface area (TPSA) is 78.4 Å². The van der Waals surface area contributed by atoms with Crippen molar-refractivity contribution in [3.63, 3.8) is 0 Å². The lowest BCUT2D eigenvalue weighted by Crippen LogP contribution is -2.34. The van der Waals surface area contributed by atoms with Gasteiger partial charge in [0.1, 0.15) is 0 Å². The van der Waals surface area contributed by atoms with Gasteiger partial charge >= 0.3 is 12.0 Å². The predicted octanol–water partition coefficient (Wildman–Crippen LogP) is 3.85. The van der Waals surface area contributed by atoms with E-state index >= 15 is 0 Å². The molecule has 0 saturated heterocycles. The van der Waals surface area contributed by atoms with Gasteiger partial charge < -0.3 is 15.7 Å². The Balaban J connectivity index is 1.98. The van der Waals surface area contributed by atoms with E-state index < -0.39 is 5.97 Å². The number of benzene rings is 1. The van der Waals surface area contributed by atoms with Crippen LogP contribution in [0.2, 0.25) is 0 Å². The van der Waals surface area contributed by atoms with Crippen LogP contribution in [0.5, 0.6) is 0 Å². The molecule has 0 spiro atoms. The quantitative estimate of drug-likeness (QED) is 0.725. The van der Waals surface area contributed by atoms with Gasteiger partial charge in [0.05, 0.1) is 11.3 Å². The number of urea groups is 1. The van der Waals surface area contributed by atoms with Gasteiger partial charge in [-0.25, -0.2) is 9.59 Å². The van der Waals surface area contributed by atoms with Crippen molar-refractivity contribution in [1.82, 2.24) is 5.32 Å². The molecule has 1 fully saturated rings. The Morgan fingerprint density at radius 3 is 2.67 bits per heavy atom. The van der Waals surface area contributed by atoms with E-state index in [-0.39, 0.29) is 22.7 Å². The summed E-state index contributed by atoms with van der Waals surface area (Å²) in [6, 6.07) is 4.41. The van der Waals surface area contributed by atoms with Gasteiger partial charge in [-0.2, -0.15) is 0 Å². The molecule has 0 atom stereocenters. The predicted molar refractivity (Wildman–Crippen MR) is 84.7 cm³/mol. The molecule has 21 heavy (non-hydrogen) atoms. The van der Waals surface area contributed by atoms with Gasteiger partial charge in [-0.1, -0.05) is 19.4 Å². The van der Waals surface area contributed by atoms with E-state index in [9.17, 15) is 9.59 Å². The van der Waals surface area contributed by atoms with Gasteiger partial charge in [-0.3, -0.25) is 0 Å².